The largest absolute Gasteiger partial charge is 0.481 e. The number of carboxylic acids is 1. The second-order valence-electron chi connectivity index (χ2n) is 5.15. The van der Waals surface area contributed by atoms with E-state index in [2.05, 4.69) is 5.32 Å². The molecule has 0 aromatic carbocycles. The molecule has 0 aliphatic carbocycles. The molecule has 0 saturated carbocycles. The summed E-state index contributed by atoms with van der Waals surface area (Å²) in [6.07, 6.45) is 0.817. The zero-order chi connectivity index (χ0) is 12.3. The molecule has 0 atom stereocenters. The Hall–Kier alpha value is -1.06. The summed E-state index contributed by atoms with van der Waals surface area (Å²) >= 11 is 0. The Bertz CT molecular complexity index is 257. The van der Waals surface area contributed by atoms with Crippen LogP contribution in [0.3, 0.4) is 0 Å². The van der Waals surface area contributed by atoms with Gasteiger partial charge >= 0.3 is 5.97 Å². The van der Waals surface area contributed by atoms with Crippen LogP contribution in [0.5, 0.6) is 0 Å². The van der Waals surface area contributed by atoms with Crippen LogP contribution in [0.1, 0.15) is 47.5 Å². The van der Waals surface area contributed by atoms with Gasteiger partial charge in [-0.05, 0) is 34.1 Å². The third-order valence-corrected chi connectivity index (χ3v) is 2.26. The van der Waals surface area contributed by atoms with Crippen molar-refractivity contribution in [2.24, 2.45) is 5.41 Å². The van der Waals surface area contributed by atoms with E-state index in [0.717, 1.165) is 0 Å². The maximum absolute atomic E-state index is 11.2. The summed E-state index contributed by atoms with van der Waals surface area (Å²) in [7, 11) is 0. The molecule has 0 aromatic rings. The molecule has 0 saturated heterocycles. The van der Waals surface area contributed by atoms with Crippen LogP contribution < -0.4 is 5.32 Å². The lowest BCUT2D eigenvalue weighted by molar-refractivity contribution is -0.148. The molecule has 0 bridgehead atoms. The van der Waals surface area contributed by atoms with Crippen LogP contribution in [0.15, 0.2) is 0 Å². The van der Waals surface area contributed by atoms with Crippen LogP contribution in [-0.4, -0.2) is 22.5 Å². The van der Waals surface area contributed by atoms with Crippen molar-refractivity contribution < 1.29 is 14.7 Å². The van der Waals surface area contributed by atoms with E-state index in [9.17, 15) is 9.59 Å². The maximum atomic E-state index is 11.2. The second-order valence-corrected chi connectivity index (χ2v) is 5.15. The zero-order valence-electron chi connectivity index (χ0n) is 10.2. The van der Waals surface area contributed by atoms with E-state index < -0.39 is 16.9 Å². The van der Waals surface area contributed by atoms with Crippen LogP contribution in [0.4, 0.5) is 0 Å². The second kappa shape index (κ2) is 4.64. The monoisotopic (exact) mass is 215 g/mol. The molecule has 0 unspecified atom stereocenters. The maximum Gasteiger partial charge on any atom is 0.309 e. The molecule has 0 radical (unpaired) electrons. The summed E-state index contributed by atoms with van der Waals surface area (Å²) in [6.45, 7) is 8.77. The number of nitrogens with one attached hydrogen (secondary N) is 1. The molecule has 0 spiro atoms. The first-order valence-corrected chi connectivity index (χ1v) is 5.15. The van der Waals surface area contributed by atoms with Gasteiger partial charge in [0.2, 0.25) is 5.91 Å². The van der Waals surface area contributed by atoms with Crippen LogP contribution in [-0.2, 0) is 9.59 Å². The number of hydrogen-bond donors (Lipinski definition) is 2. The fraction of sp³-hybridized carbons (Fsp3) is 0.818. The van der Waals surface area contributed by atoms with Gasteiger partial charge in [0.05, 0.1) is 5.41 Å². The molecule has 0 aliphatic rings. The Morgan fingerprint density at radius 2 is 1.67 bits per heavy atom. The van der Waals surface area contributed by atoms with Gasteiger partial charge in [-0.1, -0.05) is 6.92 Å². The minimum absolute atomic E-state index is 0.0545. The van der Waals surface area contributed by atoms with Crippen LogP contribution >= 0.6 is 0 Å². The van der Waals surface area contributed by atoms with Crippen molar-refractivity contribution in [3.05, 3.63) is 0 Å². The summed E-state index contributed by atoms with van der Waals surface area (Å²) in [5.74, 6) is -0.900. The van der Waals surface area contributed by atoms with Crippen molar-refractivity contribution in [2.75, 3.05) is 0 Å². The van der Waals surface area contributed by atoms with Crippen molar-refractivity contribution in [3.8, 4) is 0 Å². The molecular formula is C11H21NO3. The van der Waals surface area contributed by atoms with Crippen molar-refractivity contribution in [2.45, 2.75) is 53.0 Å². The molecular weight excluding hydrogens is 194 g/mol. The fourth-order valence-electron chi connectivity index (χ4n) is 1.69. The summed E-state index contributed by atoms with van der Waals surface area (Å²) in [5.41, 5.74) is -1.32. The number of carbonyl (C=O) groups excluding carboxylic acids is 1. The Balaban J connectivity index is 4.50. The highest BCUT2D eigenvalue weighted by Gasteiger charge is 2.35. The molecule has 0 aromatic heterocycles. The summed E-state index contributed by atoms with van der Waals surface area (Å²) in [6, 6.07) is 0. The number of aliphatic carboxylic acids is 1. The predicted molar refractivity (Wildman–Crippen MR) is 58.5 cm³/mol. The van der Waals surface area contributed by atoms with E-state index in [4.69, 9.17) is 5.11 Å². The van der Waals surface area contributed by atoms with E-state index in [1.807, 2.05) is 13.8 Å². The third-order valence-electron chi connectivity index (χ3n) is 2.26. The van der Waals surface area contributed by atoms with Crippen LogP contribution in [0.25, 0.3) is 0 Å². The highest BCUT2D eigenvalue weighted by Crippen LogP contribution is 2.28. The van der Waals surface area contributed by atoms with Crippen molar-refractivity contribution in [3.63, 3.8) is 0 Å². The molecule has 4 nitrogen and oxygen atoms in total. The lowest BCUT2D eigenvalue weighted by atomic mass is 9.80. The summed E-state index contributed by atoms with van der Waals surface area (Å²) < 4.78 is 0. The minimum atomic E-state index is -0.846. The molecule has 15 heavy (non-hydrogen) atoms. The SMILES string of the molecule is CCC(=O)NC(C)(C)CC(C)(C)C(=O)O. The quantitative estimate of drug-likeness (QED) is 0.734. The van der Waals surface area contributed by atoms with Crippen molar-refractivity contribution in [1.82, 2.24) is 5.32 Å². The topological polar surface area (TPSA) is 66.4 Å². The Kier molecular flexibility index (Phi) is 4.31. The van der Waals surface area contributed by atoms with Gasteiger partial charge in [0.1, 0.15) is 0 Å². The standard InChI is InChI=1S/C11H21NO3/c1-6-8(13)12-11(4,5)7-10(2,3)9(14)15/h6-7H2,1-5H3,(H,12,13)(H,14,15). The number of amides is 1. The average Bonchev–Trinajstić information content (AvgIpc) is 2.00. The van der Waals surface area contributed by atoms with Gasteiger partial charge in [0.15, 0.2) is 0 Å². The lowest BCUT2D eigenvalue weighted by Gasteiger charge is -2.32. The molecule has 4 heteroatoms. The first kappa shape index (κ1) is 13.9. The zero-order valence-corrected chi connectivity index (χ0v) is 10.2. The van der Waals surface area contributed by atoms with Gasteiger partial charge in [0, 0.05) is 12.0 Å². The molecule has 0 rings (SSSR count). The van der Waals surface area contributed by atoms with Gasteiger partial charge in [-0.2, -0.15) is 0 Å². The summed E-state index contributed by atoms with van der Waals surface area (Å²) in [4.78, 5) is 22.2. The molecule has 88 valence electrons. The number of carbonyl (C=O) groups is 2. The molecule has 0 heterocycles. The number of rotatable bonds is 5. The van der Waals surface area contributed by atoms with Crippen molar-refractivity contribution >= 4 is 11.9 Å². The Morgan fingerprint density at radius 1 is 1.20 bits per heavy atom. The van der Waals surface area contributed by atoms with E-state index in [1.54, 1.807) is 20.8 Å². The normalized spacial score (nSPS) is 12.3. The van der Waals surface area contributed by atoms with Gasteiger partial charge < -0.3 is 10.4 Å². The fourth-order valence-corrected chi connectivity index (χ4v) is 1.69. The minimum Gasteiger partial charge on any atom is -0.481 e. The Morgan fingerprint density at radius 3 is 2.00 bits per heavy atom. The molecule has 2 N–H and O–H groups in total. The molecule has 0 fully saturated rings. The van der Waals surface area contributed by atoms with Gasteiger partial charge in [-0.25, -0.2) is 0 Å². The molecule has 0 aliphatic heterocycles. The summed E-state index contributed by atoms with van der Waals surface area (Å²) in [5, 5.41) is 11.8. The van der Waals surface area contributed by atoms with E-state index in [-0.39, 0.29) is 5.91 Å². The molecule has 1 amide bonds. The first-order valence-electron chi connectivity index (χ1n) is 5.15. The van der Waals surface area contributed by atoms with E-state index in [1.165, 1.54) is 0 Å². The lowest BCUT2D eigenvalue weighted by Crippen LogP contribution is -2.47. The van der Waals surface area contributed by atoms with Gasteiger partial charge in [0.25, 0.3) is 0 Å². The van der Waals surface area contributed by atoms with Crippen LogP contribution in [0.2, 0.25) is 0 Å². The number of hydrogen-bond acceptors (Lipinski definition) is 2. The number of carboxylic acid groups (broad SMARTS) is 1. The van der Waals surface area contributed by atoms with Crippen molar-refractivity contribution in [1.29, 1.82) is 0 Å². The van der Waals surface area contributed by atoms with E-state index >= 15 is 0 Å². The third kappa shape index (κ3) is 4.81. The van der Waals surface area contributed by atoms with Gasteiger partial charge in [-0.3, -0.25) is 9.59 Å². The highest BCUT2D eigenvalue weighted by molar-refractivity contribution is 5.77. The predicted octanol–water partition coefficient (Wildman–Crippen LogP) is 1.79. The highest BCUT2D eigenvalue weighted by atomic mass is 16.4. The van der Waals surface area contributed by atoms with Gasteiger partial charge in [-0.15, -0.1) is 0 Å². The van der Waals surface area contributed by atoms with Crippen LogP contribution in [0, 0.1) is 5.41 Å². The smallest absolute Gasteiger partial charge is 0.309 e. The Labute approximate surface area is 91.1 Å². The first-order chi connectivity index (χ1) is 6.60. The average molecular weight is 215 g/mol. The van der Waals surface area contributed by atoms with E-state index in [0.29, 0.717) is 12.8 Å².